The molecule has 3 nitrogen and oxygen atoms in total. The van der Waals surface area contributed by atoms with Crippen LogP contribution in [0.4, 0.5) is 4.39 Å². The van der Waals surface area contributed by atoms with Gasteiger partial charge in [-0.05, 0) is 54.0 Å². The van der Waals surface area contributed by atoms with Crippen molar-refractivity contribution in [2.24, 2.45) is 11.7 Å². The van der Waals surface area contributed by atoms with Gasteiger partial charge in [-0.1, -0.05) is 36.4 Å². The van der Waals surface area contributed by atoms with Crippen molar-refractivity contribution in [3.05, 3.63) is 71.0 Å². The fourth-order valence-electron chi connectivity index (χ4n) is 3.78. The number of hydrogen-bond donors (Lipinski definition) is 2. The van der Waals surface area contributed by atoms with Crippen LogP contribution < -0.4 is 11.1 Å². The van der Waals surface area contributed by atoms with Crippen LogP contribution in [0.3, 0.4) is 0 Å². The molecule has 1 unspecified atom stereocenters. The van der Waals surface area contributed by atoms with Crippen molar-refractivity contribution in [1.82, 2.24) is 5.32 Å². The third-order valence-electron chi connectivity index (χ3n) is 5.22. The van der Waals surface area contributed by atoms with Crippen LogP contribution in [0.2, 0.25) is 0 Å². The van der Waals surface area contributed by atoms with E-state index in [4.69, 9.17) is 5.73 Å². The highest BCUT2D eigenvalue weighted by atomic mass is 19.1. The molecule has 0 bridgehead atoms. The summed E-state index contributed by atoms with van der Waals surface area (Å²) in [5.74, 6) is -0.115. The number of nitrogens with one attached hydrogen (secondary N) is 1. The first-order chi connectivity index (χ1) is 11.6. The average molecular weight is 324 g/mol. The lowest BCUT2D eigenvalue weighted by Crippen LogP contribution is -2.43. The molecule has 124 valence electrons. The molecular weight excluding hydrogens is 303 g/mol. The lowest BCUT2D eigenvalue weighted by atomic mass is 9.92. The second-order valence-electron chi connectivity index (χ2n) is 6.91. The van der Waals surface area contributed by atoms with E-state index in [0.717, 1.165) is 30.4 Å². The smallest absolute Gasteiger partial charge is 0.228 e. The van der Waals surface area contributed by atoms with Crippen molar-refractivity contribution in [3.8, 4) is 0 Å². The summed E-state index contributed by atoms with van der Waals surface area (Å²) in [6, 6.07) is 14.1. The Morgan fingerprint density at radius 1 is 1.12 bits per heavy atom. The Morgan fingerprint density at radius 2 is 1.83 bits per heavy atom. The molecule has 1 fully saturated rings. The van der Waals surface area contributed by atoms with E-state index in [1.54, 1.807) is 12.1 Å². The Morgan fingerprint density at radius 3 is 2.50 bits per heavy atom. The van der Waals surface area contributed by atoms with Crippen molar-refractivity contribution in [3.63, 3.8) is 0 Å². The van der Waals surface area contributed by atoms with E-state index in [1.807, 2.05) is 18.2 Å². The number of carbonyl (C=O) groups is 1. The second-order valence-corrected chi connectivity index (χ2v) is 6.91. The van der Waals surface area contributed by atoms with Gasteiger partial charge < -0.3 is 11.1 Å². The number of rotatable bonds is 4. The van der Waals surface area contributed by atoms with E-state index < -0.39 is 0 Å². The third kappa shape index (κ3) is 2.82. The molecule has 0 heterocycles. The summed E-state index contributed by atoms with van der Waals surface area (Å²) in [7, 11) is 0. The first kappa shape index (κ1) is 15.3. The highest BCUT2D eigenvalue weighted by Gasteiger charge is 2.39. The number of fused-ring (bicyclic) bond motifs is 1. The van der Waals surface area contributed by atoms with Crippen LogP contribution in [0.5, 0.6) is 0 Å². The minimum absolute atomic E-state index is 0.0114. The van der Waals surface area contributed by atoms with Gasteiger partial charge >= 0.3 is 0 Å². The number of halogens is 1. The van der Waals surface area contributed by atoms with Crippen molar-refractivity contribution in [1.29, 1.82) is 0 Å². The van der Waals surface area contributed by atoms with Crippen LogP contribution in [-0.2, 0) is 11.2 Å². The molecule has 4 rings (SSSR count). The predicted molar refractivity (Wildman–Crippen MR) is 90.9 cm³/mol. The molecule has 1 saturated carbocycles. The zero-order valence-corrected chi connectivity index (χ0v) is 13.4. The molecule has 0 aliphatic heterocycles. The van der Waals surface area contributed by atoms with Gasteiger partial charge in [-0.3, -0.25) is 4.79 Å². The Bertz CT molecular complexity index is 754. The van der Waals surface area contributed by atoms with Crippen LogP contribution in [0.15, 0.2) is 48.5 Å². The molecule has 0 radical (unpaired) electrons. The van der Waals surface area contributed by atoms with E-state index in [1.165, 1.54) is 17.7 Å². The summed E-state index contributed by atoms with van der Waals surface area (Å²) in [5.41, 5.74) is 9.54. The van der Waals surface area contributed by atoms with Gasteiger partial charge in [0.15, 0.2) is 0 Å². The van der Waals surface area contributed by atoms with Gasteiger partial charge in [0.1, 0.15) is 5.82 Å². The molecule has 3 atom stereocenters. The summed E-state index contributed by atoms with van der Waals surface area (Å²) < 4.78 is 13.2. The zero-order valence-electron chi connectivity index (χ0n) is 13.4. The van der Waals surface area contributed by atoms with E-state index >= 15 is 0 Å². The topological polar surface area (TPSA) is 55.1 Å². The van der Waals surface area contributed by atoms with E-state index in [-0.39, 0.29) is 29.7 Å². The normalized spacial score (nSPS) is 23.6. The second kappa shape index (κ2) is 6.02. The molecular formula is C20H21FN2O. The molecule has 2 aliphatic carbocycles. The summed E-state index contributed by atoms with van der Waals surface area (Å²) in [5, 5.41) is 3.15. The van der Waals surface area contributed by atoms with Crippen molar-refractivity contribution < 1.29 is 9.18 Å². The zero-order chi connectivity index (χ0) is 16.7. The summed E-state index contributed by atoms with van der Waals surface area (Å²) in [6.07, 6.45) is 2.86. The highest BCUT2D eigenvalue weighted by Crippen LogP contribution is 2.43. The molecule has 2 aromatic carbocycles. The van der Waals surface area contributed by atoms with Gasteiger partial charge in [-0.2, -0.15) is 0 Å². The van der Waals surface area contributed by atoms with Crippen molar-refractivity contribution in [2.75, 3.05) is 0 Å². The van der Waals surface area contributed by atoms with E-state index in [0.29, 0.717) is 5.92 Å². The maximum atomic E-state index is 13.2. The Balaban J connectivity index is 1.52. The van der Waals surface area contributed by atoms with Gasteiger partial charge in [0.2, 0.25) is 5.91 Å². The van der Waals surface area contributed by atoms with Gasteiger partial charge in [-0.25, -0.2) is 4.39 Å². The molecule has 1 amide bonds. The molecule has 0 spiro atoms. The predicted octanol–water partition coefficient (Wildman–Crippen LogP) is 3.06. The van der Waals surface area contributed by atoms with Crippen molar-refractivity contribution >= 4 is 5.91 Å². The molecule has 24 heavy (non-hydrogen) atoms. The number of amides is 1. The Kier molecular flexibility index (Phi) is 3.85. The maximum Gasteiger partial charge on any atom is 0.228 e. The van der Waals surface area contributed by atoms with Crippen LogP contribution in [-0.4, -0.2) is 11.9 Å². The third-order valence-corrected chi connectivity index (χ3v) is 5.22. The number of hydrogen-bond acceptors (Lipinski definition) is 2. The SMILES string of the molecule is N[C@H]1c2ccccc2C[C@@H]1NC(=O)C(c1ccc(F)cc1)C1CC1. The van der Waals surface area contributed by atoms with Gasteiger partial charge in [-0.15, -0.1) is 0 Å². The monoisotopic (exact) mass is 324 g/mol. The van der Waals surface area contributed by atoms with Gasteiger partial charge in [0.25, 0.3) is 0 Å². The standard InChI is InChI=1S/C20H21FN2O/c21-15-9-7-13(8-10-15)18(12-5-6-12)20(24)23-17-11-14-3-1-2-4-16(14)19(17)22/h1-4,7-10,12,17-19H,5-6,11,22H2,(H,23,24)/t17-,18?,19-/m0/s1. The Labute approximate surface area is 141 Å². The summed E-state index contributed by atoms with van der Waals surface area (Å²) in [6.45, 7) is 0. The van der Waals surface area contributed by atoms with Gasteiger partial charge in [0, 0.05) is 0 Å². The van der Waals surface area contributed by atoms with Crippen LogP contribution >= 0.6 is 0 Å². The summed E-state index contributed by atoms with van der Waals surface area (Å²) >= 11 is 0. The fourth-order valence-corrected chi connectivity index (χ4v) is 3.78. The molecule has 4 heteroatoms. The molecule has 2 aromatic rings. The minimum Gasteiger partial charge on any atom is -0.351 e. The lowest BCUT2D eigenvalue weighted by Gasteiger charge is -2.23. The number of benzene rings is 2. The first-order valence-electron chi connectivity index (χ1n) is 8.52. The number of carbonyl (C=O) groups excluding carboxylic acids is 1. The lowest BCUT2D eigenvalue weighted by molar-refractivity contribution is -0.123. The quantitative estimate of drug-likeness (QED) is 0.908. The highest BCUT2D eigenvalue weighted by molar-refractivity contribution is 5.85. The average Bonchev–Trinajstić information content (AvgIpc) is 3.36. The van der Waals surface area contributed by atoms with E-state index in [9.17, 15) is 9.18 Å². The minimum atomic E-state index is -0.276. The number of nitrogens with two attached hydrogens (primary N) is 1. The van der Waals surface area contributed by atoms with Gasteiger partial charge in [0.05, 0.1) is 18.0 Å². The van der Waals surface area contributed by atoms with Crippen LogP contribution in [0.25, 0.3) is 0 Å². The van der Waals surface area contributed by atoms with Crippen LogP contribution in [0.1, 0.15) is 41.5 Å². The maximum absolute atomic E-state index is 13.2. The first-order valence-corrected chi connectivity index (χ1v) is 8.52. The van der Waals surface area contributed by atoms with Crippen LogP contribution in [0, 0.1) is 11.7 Å². The largest absolute Gasteiger partial charge is 0.351 e. The fraction of sp³-hybridized carbons (Fsp3) is 0.350. The summed E-state index contributed by atoms with van der Waals surface area (Å²) in [4.78, 5) is 12.9. The molecule has 0 saturated heterocycles. The van der Waals surface area contributed by atoms with E-state index in [2.05, 4.69) is 11.4 Å². The Hall–Kier alpha value is -2.20. The molecule has 2 aliphatic rings. The molecule has 0 aromatic heterocycles. The molecule has 3 N–H and O–H groups in total. The van der Waals surface area contributed by atoms with Crippen molar-refractivity contribution in [2.45, 2.75) is 37.3 Å².